The Bertz CT molecular complexity index is 552. The molecular formula is C14H20N6. The maximum atomic E-state index is 4.50. The smallest absolute Gasteiger partial charge is 0.102 e. The lowest BCUT2D eigenvalue weighted by molar-refractivity contribution is 0.612. The van der Waals surface area contributed by atoms with E-state index in [1.807, 2.05) is 27.7 Å². The first-order valence-corrected chi connectivity index (χ1v) is 6.64. The van der Waals surface area contributed by atoms with Crippen molar-refractivity contribution in [2.75, 3.05) is 0 Å². The Morgan fingerprint density at radius 2 is 1.30 bits per heavy atom. The van der Waals surface area contributed by atoms with Gasteiger partial charge in [-0.15, -0.1) is 0 Å². The summed E-state index contributed by atoms with van der Waals surface area (Å²) in [6.45, 7) is 8.03. The number of rotatable bonds is 5. The standard InChI is InChI=1S/C14H20N6/c1-9(15-5-13-11(3)17-7-19-13)10(2)16-6-14-12(4)18-8-20-14/h5-10H,1-4H3,(H,17,19)(H,18,20)/t9-,10-/m0/s1. The summed E-state index contributed by atoms with van der Waals surface area (Å²) in [6, 6.07) is 0.170. The lowest BCUT2D eigenvalue weighted by atomic mass is 10.2. The molecule has 0 spiro atoms. The molecule has 6 heteroatoms. The molecule has 106 valence electrons. The predicted molar refractivity (Wildman–Crippen MR) is 80.8 cm³/mol. The highest BCUT2D eigenvalue weighted by Gasteiger charge is 2.09. The van der Waals surface area contributed by atoms with Crippen molar-refractivity contribution in [1.82, 2.24) is 19.9 Å². The van der Waals surface area contributed by atoms with Crippen molar-refractivity contribution in [3.8, 4) is 0 Å². The number of aromatic amines is 2. The monoisotopic (exact) mass is 272 g/mol. The van der Waals surface area contributed by atoms with E-state index >= 15 is 0 Å². The lowest BCUT2D eigenvalue weighted by Crippen LogP contribution is -2.16. The Kier molecular flexibility index (Phi) is 4.45. The van der Waals surface area contributed by atoms with Gasteiger partial charge >= 0.3 is 0 Å². The maximum Gasteiger partial charge on any atom is 0.102 e. The molecule has 0 amide bonds. The molecule has 0 aliphatic carbocycles. The zero-order chi connectivity index (χ0) is 14.5. The third kappa shape index (κ3) is 3.40. The Hall–Kier alpha value is -2.24. The fraction of sp³-hybridized carbons (Fsp3) is 0.429. The molecule has 0 aromatic carbocycles. The van der Waals surface area contributed by atoms with Gasteiger partial charge in [0.05, 0.1) is 24.7 Å². The summed E-state index contributed by atoms with van der Waals surface area (Å²) in [5.41, 5.74) is 3.78. The zero-order valence-electron chi connectivity index (χ0n) is 12.3. The Morgan fingerprint density at radius 1 is 0.900 bits per heavy atom. The van der Waals surface area contributed by atoms with Gasteiger partial charge in [0.1, 0.15) is 11.4 Å². The molecule has 6 nitrogen and oxygen atoms in total. The van der Waals surface area contributed by atoms with Crippen molar-refractivity contribution in [1.29, 1.82) is 0 Å². The third-order valence-corrected chi connectivity index (χ3v) is 3.30. The van der Waals surface area contributed by atoms with Gasteiger partial charge in [0.2, 0.25) is 0 Å². The fourth-order valence-electron chi connectivity index (χ4n) is 1.62. The molecule has 0 bridgehead atoms. The van der Waals surface area contributed by atoms with Crippen molar-refractivity contribution in [3.63, 3.8) is 0 Å². The van der Waals surface area contributed by atoms with E-state index in [0.717, 1.165) is 22.8 Å². The number of aromatic nitrogens is 4. The summed E-state index contributed by atoms with van der Waals surface area (Å²) >= 11 is 0. The molecule has 2 atom stereocenters. The van der Waals surface area contributed by atoms with Crippen LogP contribution in [0.25, 0.3) is 0 Å². The topological polar surface area (TPSA) is 82.1 Å². The molecule has 20 heavy (non-hydrogen) atoms. The number of aliphatic imine (C=N–C) groups is 2. The molecule has 0 saturated carbocycles. The van der Waals surface area contributed by atoms with E-state index in [1.54, 1.807) is 25.1 Å². The quantitative estimate of drug-likeness (QED) is 0.817. The van der Waals surface area contributed by atoms with Crippen molar-refractivity contribution < 1.29 is 0 Å². The summed E-state index contributed by atoms with van der Waals surface area (Å²) in [7, 11) is 0. The Labute approximate surface area is 118 Å². The number of hydrogen-bond acceptors (Lipinski definition) is 4. The van der Waals surface area contributed by atoms with E-state index in [2.05, 4.69) is 29.9 Å². The minimum Gasteiger partial charge on any atom is -0.348 e. The van der Waals surface area contributed by atoms with Crippen molar-refractivity contribution in [2.24, 2.45) is 9.98 Å². The molecule has 0 fully saturated rings. The fourth-order valence-corrected chi connectivity index (χ4v) is 1.62. The van der Waals surface area contributed by atoms with E-state index in [0.29, 0.717) is 0 Å². The van der Waals surface area contributed by atoms with E-state index in [9.17, 15) is 0 Å². The number of nitrogens with one attached hydrogen (secondary N) is 2. The van der Waals surface area contributed by atoms with Crippen molar-refractivity contribution in [2.45, 2.75) is 39.8 Å². The van der Waals surface area contributed by atoms with Gasteiger partial charge in [-0.1, -0.05) is 0 Å². The number of imidazole rings is 2. The molecule has 2 aromatic rings. The third-order valence-electron chi connectivity index (χ3n) is 3.30. The van der Waals surface area contributed by atoms with Gasteiger partial charge in [0, 0.05) is 23.8 Å². The highest BCUT2D eigenvalue weighted by atomic mass is 14.9. The molecule has 0 saturated heterocycles. The van der Waals surface area contributed by atoms with Gasteiger partial charge in [0.25, 0.3) is 0 Å². The Balaban J connectivity index is 1.97. The number of H-pyrrole nitrogens is 2. The molecule has 2 rings (SSSR count). The summed E-state index contributed by atoms with van der Waals surface area (Å²) < 4.78 is 0. The van der Waals surface area contributed by atoms with Gasteiger partial charge in [-0.25, -0.2) is 9.97 Å². The average Bonchev–Trinajstić information content (AvgIpc) is 3.02. The van der Waals surface area contributed by atoms with Crippen LogP contribution in [0.2, 0.25) is 0 Å². The summed E-state index contributed by atoms with van der Waals surface area (Å²) in [5, 5.41) is 0. The second kappa shape index (κ2) is 6.27. The number of nitrogens with zero attached hydrogens (tertiary/aromatic N) is 4. The second-order valence-electron chi connectivity index (χ2n) is 4.86. The van der Waals surface area contributed by atoms with Crippen LogP contribution < -0.4 is 0 Å². The van der Waals surface area contributed by atoms with Crippen LogP contribution >= 0.6 is 0 Å². The average molecular weight is 272 g/mol. The summed E-state index contributed by atoms with van der Waals surface area (Å²) in [6.07, 6.45) is 6.93. The minimum atomic E-state index is 0.0848. The van der Waals surface area contributed by atoms with Crippen LogP contribution in [0.3, 0.4) is 0 Å². The predicted octanol–water partition coefficient (Wildman–Crippen LogP) is 2.06. The SMILES string of the molecule is Cc1[nH]cnc1C=N[C@@H](C)[C@H](C)N=Cc1nc[nH]c1C. The van der Waals surface area contributed by atoms with Gasteiger partial charge in [-0.3, -0.25) is 9.98 Å². The van der Waals surface area contributed by atoms with E-state index in [4.69, 9.17) is 0 Å². The van der Waals surface area contributed by atoms with Gasteiger partial charge in [-0.05, 0) is 27.7 Å². The first-order valence-electron chi connectivity index (χ1n) is 6.64. The van der Waals surface area contributed by atoms with E-state index in [1.165, 1.54) is 0 Å². The molecule has 0 unspecified atom stereocenters. The summed E-state index contributed by atoms with van der Waals surface area (Å²) in [5.74, 6) is 0. The van der Waals surface area contributed by atoms with Crippen LogP contribution in [0.15, 0.2) is 22.6 Å². The van der Waals surface area contributed by atoms with Crippen LogP contribution in [-0.2, 0) is 0 Å². The van der Waals surface area contributed by atoms with Crippen LogP contribution in [0.5, 0.6) is 0 Å². The molecule has 0 aliphatic heterocycles. The lowest BCUT2D eigenvalue weighted by Gasteiger charge is -2.10. The molecule has 0 radical (unpaired) electrons. The van der Waals surface area contributed by atoms with Crippen LogP contribution in [0.1, 0.15) is 36.6 Å². The molecule has 2 N–H and O–H groups in total. The summed E-state index contributed by atoms with van der Waals surface area (Å²) in [4.78, 5) is 23.4. The first-order chi connectivity index (χ1) is 9.58. The first kappa shape index (κ1) is 14.2. The minimum absolute atomic E-state index is 0.0848. The van der Waals surface area contributed by atoms with E-state index in [-0.39, 0.29) is 12.1 Å². The maximum absolute atomic E-state index is 4.50. The van der Waals surface area contributed by atoms with Gasteiger partial charge in [-0.2, -0.15) is 0 Å². The molecule has 2 aromatic heterocycles. The largest absolute Gasteiger partial charge is 0.348 e. The highest BCUT2D eigenvalue weighted by Crippen LogP contribution is 2.05. The molecule has 2 heterocycles. The molecular weight excluding hydrogens is 252 g/mol. The molecule has 0 aliphatic rings. The van der Waals surface area contributed by atoms with Crippen LogP contribution in [0, 0.1) is 13.8 Å². The van der Waals surface area contributed by atoms with Crippen molar-refractivity contribution >= 4 is 12.4 Å². The zero-order valence-corrected chi connectivity index (χ0v) is 12.3. The number of aryl methyl sites for hydroxylation is 2. The van der Waals surface area contributed by atoms with Gasteiger partial charge < -0.3 is 9.97 Å². The van der Waals surface area contributed by atoms with Crippen molar-refractivity contribution in [3.05, 3.63) is 35.4 Å². The van der Waals surface area contributed by atoms with Gasteiger partial charge in [0.15, 0.2) is 0 Å². The normalized spacial score (nSPS) is 15.2. The van der Waals surface area contributed by atoms with Crippen LogP contribution in [-0.4, -0.2) is 44.4 Å². The Morgan fingerprint density at radius 3 is 1.60 bits per heavy atom. The number of hydrogen-bond donors (Lipinski definition) is 2. The van der Waals surface area contributed by atoms with E-state index < -0.39 is 0 Å². The highest BCUT2D eigenvalue weighted by molar-refractivity contribution is 5.79. The second-order valence-corrected chi connectivity index (χ2v) is 4.86. The van der Waals surface area contributed by atoms with Crippen LogP contribution in [0.4, 0.5) is 0 Å².